The van der Waals surface area contributed by atoms with E-state index in [0.29, 0.717) is 6.61 Å². The van der Waals surface area contributed by atoms with Gasteiger partial charge in [0.25, 0.3) is 0 Å². The first-order chi connectivity index (χ1) is 2.77. The molecule has 0 amide bonds. The van der Waals surface area contributed by atoms with E-state index in [2.05, 4.69) is 4.74 Å². The summed E-state index contributed by atoms with van der Waals surface area (Å²) in [6.07, 6.45) is 0. The Morgan fingerprint density at radius 3 is 2.00 bits per heavy atom. The van der Waals surface area contributed by atoms with Gasteiger partial charge in [0.05, 0.1) is 15.0 Å². The van der Waals surface area contributed by atoms with Gasteiger partial charge in [0.1, 0.15) is 0 Å². The minimum atomic E-state index is -0.211. The molecular weight excluding hydrogens is 110 g/mol. The summed E-state index contributed by atoms with van der Waals surface area (Å²) in [4.78, 5) is 9.82. The van der Waals surface area contributed by atoms with Gasteiger partial charge in [0, 0.05) is 6.92 Å². The predicted octanol–water partition coefficient (Wildman–Crippen LogP) is -0.462. The topological polar surface area (TPSA) is 26.3 Å². The van der Waals surface area contributed by atoms with Gasteiger partial charge in [-0.3, -0.25) is 9.50 Å². The van der Waals surface area contributed by atoms with Crippen LogP contribution in [0.4, 0.5) is 4.70 Å². The second-order valence-electron chi connectivity index (χ2n) is 0.925. The molecule has 0 aromatic carbocycles. The lowest BCUT2D eigenvalue weighted by molar-refractivity contribution is -0.140. The maximum absolute atomic E-state index is 9.82. The van der Waals surface area contributed by atoms with Crippen molar-refractivity contribution in [3.8, 4) is 0 Å². The summed E-state index contributed by atoms with van der Waals surface area (Å²) >= 11 is 0. The lowest BCUT2D eigenvalue weighted by Crippen LogP contribution is -1.95. The van der Waals surface area contributed by atoms with E-state index in [4.69, 9.17) is 0 Å². The Labute approximate surface area is 50.2 Å². The second kappa shape index (κ2) is 9.69. The van der Waals surface area contributed by atoms with Gasteiger partial charge in [-0.2, -0.15) is 0 Å². The summed E-state index contributed by atoms with van der Waals surface area (Å²) in [5.41, 5.74) is 0. The zero-order chi connectivity index (χ0) is 4.99. The molecule has 0 saturated carbocycles. The zero-order valence-electron chi connectivity index (χ0n) is 4.43. The molecule has 0 aliphatic heterocycles. The predicted molar refractivity (Wildman–Crippen MR) is 34.7 cm³/mol. The molecule has 0 spiro atoms. The fourth-order valence-electron chi connectivity index (χ4n) is 0.203. The number of carbonyl (C=O) groups is 1. The molecule has 0 rings (SSSR count). The quantitative estimate of drug-likeness (QED) is 0.347. The Hall–Kier alpha value is -0.535. The van der Waals surface area contributed by atoms with Crippen LogP contribution in [-0.4, -0.2) is 21.0 Å². The normalized spacial score (nSPS) is 5.75. The largest absolute Gasteiger partial charge is 0.466 e. The van der Waals surface area contributed by atoms with E-state index in [0.717, 1.165) is 0 Å². The van der Waals surface area contributed by atoms with Crippen LogP contribution in [0.25, 0.3) is 0 Å². The first-order valence-electron chi connectivity index (χ1n) is 1.90. The van der Waals surface area contributed by atoms with Crippen molar-refractivity contribution < 1.29 is 14.2 Å². The molecular formula is C4H12BFO2. The van der Waals surface area contributed by atoms with Crippen molar-refractivity contribution in [1.82, 2.24) is 0 Å². The van der Waals surface area contributed by atoms with Gasteiger partial charge in [0.2, 0.25) is 0 Å². The molecule has 0 aliphatic carbocycles. The SMILES string of the molecule is B.CCOC(C)=O.F. The van der Waals surface area contributed by atoms with Crippen LogP contribution in [-0.2, 0) is 9.53 Å². The molecule has 4 heteroatoms. The smallest absolute Gasteiger partial charge is 0.302 e. The third-order valence-corrected chi connectivity index (χ3v) is 0.348. The van der Waals surface area contributed by atoms with E-state index < -0.39 is 0 Å². The van der Waals surface area contributed by atoms with E-state index in [9.17, 15) is 4.79 Å². The Morgan fingerprint density at radius 2 is 2.00 bits per heavy atom. The molecule has 0 aliphatic rings. The molecule has 0 unspecified atom stereocenters. The third kappa shape index (κ3) is 17.9. The molecule has 0 heterocycles. The summed E-state index contributed by atoms with van der Waals surface area (Å²) in [6, 6.07) is 0. The molecule has 0 fully saturated rings. The van der Waals surface area contributed by atoms with Gasteiger partial charge in [-0.1, -0.05) is 0 Å². The molecule has 0 bridgehead atoms. The average Bonchev–Trinajstić information content (AvgIpc) is 1.35. The standard InChI is InChI=1S/C4H8O2.BH3.FH/c1-3-6-4(2)5;;/h3H2,1-2H3;1H3;1H. The Morgan fingerprint density at radius 1 is 1.62 bits per heavy atom. The highest BCUT2D eigenvalue weighted by Crippen LogP contribution is 1.69. The van der Waals surface area contributed by atoms with E-state index in [1.54, 1.807) is 6.92 Å². The van der Waals surface area contributed by atoms with Crippen LogP contribution in [0.5, 0.6) is 0 Å². The fraction of sp³-hybridized carbons (Fsp3) is 0.750. The number of hydrogen-bond acceptors (Lipinski definition) is 2. The second-order valence-corrected chi connectivity index (χ2v) is 0.925. The summed E-state index contributed by atoms with van der Waals surface area (Å²) in [6.45, 7) is 3.65. The van der Waals surface area contributed by atoms with Crippen molar-refractivity contribution in [2.24, 2.45) is 0 Å². The van der Waals surface area contributed by atoms with Gasteiger partial charge in [-0.05, 0) is 6.92 Å². The number of carbonyl (C=O) groups excluding carboxylic acids is 1. The minimum Gasteiger partial charge on any atom is -0.466 e. The molecule has 0 N–H and O–H groups in total. The molecule has 50 valence electrons. The van der Waals surface area contributed by atoms with E-state index in [1.165, 1.54) is 6.92 Å². The molecule has 8 heavy (non-hydrogen) atoms. The summed E-state index contributed by atoms with van der Waals surface area (Å²) in [7, 11) is 0. The van der Waals surface area contributed by atoms with Gasteiger partial charge in [0.15, 0.2) is 0 Å². The number of rotatable bonds is 1. The molecule has 2 nitrogen and oxygen atoms in total. The van der Waals surface area contributed by atoms with Crippen molar-refractivity contribution in [3.05, 3.63) is 0 Å². The Bertz CT molecular complexity index is 58.0. The summed E-state index contributed by atoms with van der Waals surface area (Å²) < 4.78 is 4.40. The maximum Gasteiger partial charge on any atom is 0.302 e. The monoisotopic (exact) mass is 122 g/mol. The Balaban J connectivity index is -0.000000125. The minimum absolute atomic E-state index is 0. The lowest BCUT2D eigenvalue weighted by Gasteiger charge is -1.89. The molecule has 0 saturated heterocycles. The molecule has 0 radical (unpaired) electrons. The highest BCUT2D eigenvalue weighted by molar-refractivity contribution is 5.75. The van der Waals surface area contributed by atoms with E-state index in [-0.39, 0.29) is 19.1 Å². The van der Waals surface area contributed by atoms with Crippen molar-refractivity contribution >= 4 is 14.4 Å². The van der Waals surface area contributed by atoms with Crippen LogP contribution in [0.3, 0.4) is 0 Å². The number of halogens is 1. The average molecular weight is 122 g/mol. The fourth-order valence-corrected chi connectivity index (χ4v) is 0.203. The zero-order valence-corrected chi connectivity index (χ0v) is 4.43. The molecule has 0 aromatic rings. The molecule has 0 atom stereocenters. The summed E-state index contributed by atoms with van der Waals surface area (Å²) in [5, 5.41) is 0. The highest BCUT2D eigenvalue weighted by Gasteiger charge is 1.81. The van der Waals surface area contributed by atoms with Crippen molar-refractivity contribution in [3.63, 3.8) is 0 Å². The van der Waals surface area contributed by atoms with E-state index >= 15 is 0 Å². The van der Waals surface area contributed by atoms with Gasteiger partial charge in [-0.15, -0.1) is 0 Å². The van der Waals surface area contributed by atoms with Crippen LogP contribution >= 0.6 is 0 Å². The van der Waals surface area contributed by atoms with E-state index in [1.807, 2.05) is 0 Å². The first-order valence-corrected chi connectivity index (χ1v) is 1.90. The number of esters is 1. The first kappa shape index (κ1) is 15.7. The van der Waals surface area contributed by atoms with Crippen molar-refractivity contribution in [2.75, 3.05) is 6.61 Å². The Kier molecular flexibility index (Phi) is 18.9. The van der Waals surface area contributed by atoms with Crippen LogP contribution in [0.15, 0.2) is 0 Å². The summed E-state index contributed by atoms with van der Waals surface area (Å²) in [5.74, 6) is -0.211. The third-order valence-electron chi connectivity index (χ3n) is 0.348. The number of ether oxygens (including phenoxy) is 1. The van der Waals surface area contributed by atoms with Crippen LogP contribution in [0.2, 0.25) is 0 Å². The highest BCUT2D eigenvalue weighted by atomic mass is 19.0. The number of hydrogen-bond donors (Lipinski definition) is 0. The van der Waals surface area contributed by atoms with Crippen LogP contribution < -0.4 is 0 Å². The van der Waals surface area contributed by atoms with Crippen LogP contribution in [0.1, 0.15) is 13.8 Å². The van der Waals surface area contributed by atoms with Crippen LogP contribution in [0, 0.1) is 0 Å². The van der Waals surface area contributed by atoms with Gasteiger partial charge >= 0.3 is 5.97 Å². The van der Waals surface area contributed by atoms with Gasteiger partial charge in [-0.25, -0.2) is 0 Å². The molecule has 0 aromatic heterocycles. The van der Waals surface area contributed by atoms with Crippen molar-refractivity contribution in [1.29, 1.82) is 0 Å². The van der Waals surface area contributed by atoms with Gasteiger partial charge < -0.3 is 4.74 Å². The maximum atomic E-state index is 9.82. The lowest BCUT2D eigenvalue weighted by atomic mass is 10.8. The van der Waals surface area contributed by atoms with Crippen molar-refractivity contribution in [2.45, 2.75) is 13.8 Å².